The van der Waals surface area contributed by atoms with Crippen LogP contribution in [0.1, 0.15) is 11.1 Å². The zero-order valence-corrected chi connectivity index (χ0v) is 13.8. The van der Waals surface area contributed by atoms with Crippen LogP contribution in [0.25, 0.3) is 27.5 Å². The standard InChI is InChI=1S/C23H15NO/c1-4-16-6-12-22-20(14-16)21-15-17(5-2)7-13-23(21)24(22)18-8-10-19(25-3)11-9-18/h1-2,6-15H,3H3. The van der Waals surface area contributed by atoms with Gasteiger partial charge in [0.25, 0.3) is 0 Å². The molecule has 0 unspecified atom stereocenters. The Kier molecular flexibility index (Phi) is 3.46. The molecule has 0 spiro atoms. The Balaban J connectivity index is 2.11. The number of nitrogens with zero attached hydrogens (tertiary/aromatic N) is 1. The number of ether oxygens (including phenoxy) is 1. The minimum atomic E-state index is 0.828. The van der Waals surface area contributed by atoms with Crippen molar-refractivity contribution in [3.05, 3.63) is 71.8 Å². The molecule has 1 aromatic heterocycles. The van der Waals surface area contributed by atoms with Gasteiger partial charge in [-0.15, -0.1) is 12.8 Å². The second kappa shape index (κ2) is 5.78. The summed E-state index contributed by atoms with van der Waals surface area (Å²) in [6.07, 6.45) is 11.2. The van der Waals surface area contributed by atoms with Crippen molar-refractivity contribution in [3.8, 4) is 36.1 Å². The number of terminal acetylenes is 2. The van der Waals surface area contributed by atoms with E-state index < -0.39 is 0 Å². The summed E-state index contributed by atoms with van der Waals surface area (Å²) < 4.78 is 7.48. The van der Waals surface area contributed by atoms with E-state index in [0.717, 1.165) is 44.4 Å². The lowest BCUT2D eigenvalue weighted by Gasteiger charge is -2.09. The number of hydrogen-bond acceptors (Lipinski definition) is 1. The third-order valence-corrected chi connectivity index (χ3v) is 4.43. The largest absolute Gasteiger partial charge is 0.497 e. The van der Waals surface area contributed by atoms with Crippen molar-refractivity contribution in [2.75, 3.05) is 7.11 Å². The topological polar surface area (TPSA) is 14.2 Å². The van der Waals surface area contributed by atoms with Crippen molar-refractivity contribution in [2.45, 2.75) is 0 Å². The molecule has 0 N–H and O–H groups in total. The van der Waals surface area contributed by atoms with Crippen LogP contribution in [0.5, 0.6) is 5.75 Å². The minimum absolute atomic E-state index is 0.828. The first-order valence-corrected chi connectivity index (χ1v) is 7.91. The van der Waals surface area contributed by atoms with Gasteiger partial charge in [0.1, 0.15) is 5.75 Å². The average Bonchev–Trinajstić information content (AvgIpc) is 3.00. The van der Waals surface area contributed by atoms with Crippen LogP contribution in [0.4, 0.5) is 0 Å². The Bertz CT molecular complexity index is 1110. The maximum Gasteiger partial charge on any atom is 0.119 e. The van der Waals surface area contributed by atoms with Gasteiger partial charge < -0.3 is 9.30 Å². The lowest BCUT2D eigenvalue weighted by molar-refractivity contribution is 0.415. The Morgan fingerprint density at radius 3 is 1.72 bits per heavy atom. The molecule has 0 bridgehead atoms. The quantitative estimate of drug-likeness (QED) is 0.486. The first-order chi connectivity index (χ1) is 12.2. The molecule has 3 aromatic carbocycles. The van der Waals surface area contributed by atoms with E-state index in [-0.39, 0.29) is 0 Å². The number of aromatic nitrogens is 1. The van der Waals surface area contributed by atoms with Gasteiger partial charge in [0.2, 0.25) is 0 Å². The Labute approximate surface area is 146 Å². The number of methoxy groups -OCH3 is 1. The molecule has 0 aliphatic rings. The first-order valence-electron chi connectivity index (χ1n) is 7.91. The second-order valence-electron chi connectivity index (χ2n) is 5.79. The molecule has 25 heavy (non-hydrogen) atoms. The summed E-state index contributed by atoms with van der Waals surface area (Å²) in [5, 5.41) is 2.19. The van der Waals surface area contributed by atoms with E-state index in [2.05, 4.69) is 28.5 Å². The molecule has 0 amide bonds. The fraction of sp³-hybridized carbons (Fsp3) is 0.0435. The third kappa shape index (κ3) is 2.33. The fourth-order valence-electron chi connectivity index (χ4n) is 3.21. The van der Waals surface area contributed by atoms with Crippen LogP contribution in [-0.2, 0) is 0 Å². The van der Waals surface area contributed by atoms with Crippen LogP contribution in [0.2, 0.25) is 0 Å². The highest BCUT2D eigenvalue weighted by Gasteiger charge is 2.13. The lowest BCUT2D eigenvalue weighted by Crippen LogP contribution is -1.94. The molecule has 118 valence electrons. The van der Waals surface area contributed by atoms with Crippen molar-refractivity contribution < 1.29 is 4.74 Å². The van der Waals surface area contributed by atoms with E-state index in [1.54, 1.807) is 7.11 Å². The van der Waals surface area contributed by atoms with E-state index in [1.807, 2.05) is 48.5 Å². The van der Waals surface area contributed by atoms with Crippen molar-refractivity contribution >= 4 is 21.8 Å². The number of benzene rings is 3. The van der Waals surface area contributed by atoms with Crippen LogP contribution >= 0.6 is 0 Å². The molecule has 0 fully saturated rings. The van der Waals surface area contributed by atoms with E-state index in [0.29, 0.717) is 0 Å². The van der Waals surface area contributed by atoms with Gasteiger partial charge in [-0.3, -0.25) is 0 Å². The van der Waals surface area contributed by atoms with Crippen molar-refractivity contribution in [1.29, 1.82) is 0 Å². The van der Waals surface area contributed by atoms with Gasteiger partial charge in [0.15, 0.2) is 0 Å². The van der Waals surface area contributed by atoms with E-state index >= 15 is 0 Å². The SMILES string of the molecule is C#Cc1ccc2c(c1)c1cc(C#C)ccc1n2-c1ccc(OC)cc1. The van der Waals surface area contributed by atoms with Gasteiger partial charge in [0, 0.05) is 27.6 Å². The summed E-state index contributed by atoms with van der Waals surface area (Å²) in [6, 6.07) is 20.1. The lowest BCUT2D eigenvalue weighted by atomic mass is 10.1. The van der Waals surface area contributed by atoms with Crippen molar-refractivity contribution in [1.82, 2.24) is 4.57 Å². The number of fused-ring (bicyclic) bond motifs is 3. The molecule has 1 heterocycles. The molecular weight excluding hydrogens is 306 g/mol. The summed E-state index contributed by atoms with van der Waals surface area (Å²) in [5.74, 6) is 6.25. The highest BCUT2D eigenvalue weighted by molar-refractivity contribution is 6.10. The van der Waals surface area contributed by atoms with Crippen LogP contribution in [0, 0.1) is 24.7 Å². The predicted octanol–water partition coefficient (Wildman–Crippen LogP) is 4.75. The number of hydrogen-bond donors (Lipinski definition) is 0. The van der Waals surface area contributed by atoms with E-state index in [9.17, 15) is 0 Å². The first kappa shape index (κ1) is 14.9. The zero-order chi connectivity index (χ0) is 17.4. The third-order valence-electron chi connectivity index (χ3n) is 4.43. The molecule has 0 aliphatic heterocycles. The molecular formula is C23H15NO. The van der Waals surface area contributed by atoms with Gasteiger partial charge in [-0.1, -0.05) is 11.8 Å². The zero-order valence-electron chi connectivity index (χ0n) is 13.8. The molecule has 2 nitrogen and oxygen atoms in total. The van der Waals surface area contributed by atoms with E-state index in [4.69, 9.17) is 17.6 Å². The molecule has 2 heteroatoms. The van der Waals surface area contributed by atoms with Gasteiger partial charge in [0.05, 0.1) is 18.1 Å². The monoisotopic (exact) mass is 321 g/mol. The molecule has 0 saturated carbocycles. The van der Waals surface area contributed by atoms with Gasteiger partial charge in [-0.05, 0) is 60.7 Å². The summed E-state index contributed by atoms with van der Waals surface area (Å²) in [5.41, 5.74) is 4.95. The van der Waals surface area contributed by atoms with E-state index in [1.165, 1.54) is 0 Å². The van der Waals surface area contributed by atoms with Crippen LogP contribution in [-0.4, -0.2) is 11.7 Å². The number of rotatable bonds is 2. The Morgan fingerprint density at radius 2 is 1.28 bits per heavy atom. The summed E-state index contributed by atoms with van der Waals surface area (Å²) in [4.78, 5) is 0. The summed E-state index contributed by atoms with van der Waals surface area (Å²) >= 11 is 0. The Hall–Kier alpha value is -3.62. The molecule has 4 rings (SSSR count). The van der Waals surface area contributed by atoms with Gasteiger partial charge in [-0.25, -0.2) is 0 Å². The molecule has 0 saturated heterocycles. The van der Waals surface area contributed by atoms with Crippen molar-refractivity contribution in [2.24, 2.45) is 0 Å². The maximum absolute atomic E-state index is 5.59. The molecule has 0 aliphatic carbocycles. The smallest absolute Gasteiger partial charge is 0.119 e. The summed E-state index contributed by atoms with van der Waals surface area (Å²) in [7, 11) is 1.66. The fourth-order valence-corrected chi connectivity index (χ4v) is 3.21. The predicted molar refractivity (Wildman–Crippen MR) is 103 cm³/mol. The highest BCUT2D eigenvalue weighted by Crippen LogP contribution is 2.33. The second-order valence-corrected chi connectivity index (χ2v) is 5.79. The highest BCUT2D eigenvalue weighted by atomic mass is 16.5. The van der Waals surface area contributed by atoms with Crippen LogP contribution in [0.3, 0.4) is 0 Å². The van der Waals surface area contributed by atoms with Crippen molar-refractivity contribution in [3.63, 3.8) is 0 Å². The average molecular weight is 321 g/mol. The normalized spacial score (nSPS) is 10.5. The molecule has 0 atom stereocenters. The summed E-state index contributed by atoms with van der Waals surface area (Å²) in [6.45, 7) is 0. The van der Waals surface area contributed by atoms with Gasteiger partial charge in [-0.2, -0.15) is 0 Å². The van der Waals surface area contributed by atoms with Gasteiger partial charge >= 0.3 is 0 Å². The molecule has 0 radical (unpaired) electrons. The van der Waals surface area contributed by atoms with Crippen LogP contribution in [0.15, 0.2) is 60.7 Å². The maximum atomic E-state index is 5.59. The minimum Gasteiger partial charge on any atom is -0.497 e. The Morgan fingerprint density at radius 1 is 0.760 bits per heavy atom. The van der Waals surface area contributed by atoms with Crippen LogP contribution < -0.4 is 4.74 Å². The molecule has 4 aromatic rings.